The van der Waals surface area contributed by atoms with E-state index in [1.807, 2.05) is 6.92 Å². The van der Waals surface area contributed by atoms with E-state index in [-0.39, 0.29) is 11.6 Å². The van der Waals surface area contributed by atoms with Crippen molar-refractivity contribution in [3.05, 3.63) is 0 Å². The van der Waals surface area contributed by atoms with Crippen LogP contribution < -0.4 is 5.32 Å². The molecule has 0 aromatic rings. The summed E-state index contributed by atoms with van der Waals surface area (Å²) < 4.78 is 0. The molecule has 1 saturated carbocycles. The summed E-state index contributed by atoms with van der Waals surface area (Å²) in [5.74, 6) is 0.834. The molecule has 1 aliphatic carbocycles. The molecule has 0 amide bonds. The molecule has 0 aromatic heterocycles. The van der Waals surface area contributed by atoms with Crippen LogP contribution in [0.5, 0.6) is 0 Å². The highest BCUT2D eigenvalue weighted by molar-refractivity contribution is 4.94. The van der Waals surface area contributed by atoms with Crippen molar-refractivity contribution < 1.29 is 5.11 Å². The van der Waals surface area contributed by atoms with Crippen molar-refractivity contribution in [3.8, 4) is 0 Å². The number of β-amino-alcohol motifs (C(OH)–C–C–N with tert-alkyl or cyclic N) is 1. The third-order valence-electron chi connectivity index (χ3n) is 2.45. The van der Waals surface area contributed by atoms with E-state index in [1.165, 1.54) is 12.8 Å². The molecule has 2 nitrogen and oxygen atoms in total. The highest BCUT2D eigenvalue weighted by atomic mass is 16.3. The summed E-state index contributed by atoms with van der Waals surface area (Å²) in [7, 11) is 0. The second-order valence-corrected chi connectivity index (χ2v) is 4.23. The van der Waals surface area contributed by atoms with E-state index < -0.39 is 0 Å². The summed E-state index contributed by atoms with van der Waals surface area (Å²) in [6.45, 7) is 6.96. The van der Waals surface area contributed by atoms with Crippen LogP contribution >= 0.6 is 0 Å². The first-order valence-corrected chi connectivity index (χ1v) is 4.45. The molecule has 0 radical (unpaired) electrons. The lowest BCUT2D eigenvalue weighted by Crippen LogP contribution is -2.44. The van der Waals surface area contributed by atoms with Gasteiger partial charge in [0.1, 0.15) is 0 Å². The third-order valence-corrected chi connectivity index (χ3v) is 2.45. The molecule has 11 heavy (non-hydrogen) atoms. The largest absolute Gasteiger partial charge is 0.392 e. The zero-order chi connectivity index (χ0) is 8.48. The molecule has 0 heterocycles. The molecule has 0 spiro atoms. The topological polar surface area (TPSA) is 32.3 Å². The van der Waals surface area contributed by atoms with Crippen LogP contribution in [0.1, 0.15) is 33.6 Å². The first-order valence-electron chi connectivity index (χ1n) is 4.45. The highest BCUT2D eigenvalue weighted by Crippen LogP contribution is 2.38. The zero-order valence-electron chi connectivity index (χ0n) is 7.72. The normalized spacial score (nSPS) is 21.8. The maximum atomic E-state index is 9.06. The Morgan fingerprint density at radius 1 is 1.55 bits per heavy atom. The number of aliphatic hydroxyl groups excluding tert-OH is 1. The Labute approximate surface area is 69.0 Å². The molecule has 0 unspecified atom stereocenters. The van der Waals surface area contributed by atoms with Gasteiger partial charge in [0, 0.05) is 12.1 Å². The first-order chi connectivity index (χ1) is 5.02. The van der Waals surface area contributed by atoms with Crippen LogP contribution in [0.15, 0.2) is 0 Å². The SMILES string of the molecule is C[C@H](O)CNC(C)(C)C1CC1. The quantitative estimate of drug-likeness (QED) is 0.641. The molecule has 1 aliphatic rings. The van der Waals surface area contributed by atoms with Gasteiger partial charge in [0.25, 0.3) is 0 Å². The Kier molecular flexibility index (Phi) is 2.55. The van der Waals surface area contributed by atoms with Crippen LogP contribution in [0.2, 0.25) is 0 Å². The standard InChI is InChI=1S/C9H19NO/c1-7(11)6-10-9(2,3)8-4-5-8/h7-8,10-11H,4-6H2,1-3H3/t7-/m0/s1. The van der Waals surface area contributed by atoms with E-state index in [0.717, 1.165) is 5.92 Å². The van der Waals surface area contributed by atoms with Crippen LogP contribution in [0.4, 0.5) is 0 Å². The van der Waals surface area contributed by atoms with E-state index in [1.54, 1.807) is 0 Å². The second kappa shape index (κ2) is 3.11. The van der Waals surface area contributed by atoms with Gasteiger partial charge in [0.15, 0.2) is 0 Å². The molecule has 1 fully saturated rings. The minimum Gasteiger partial charge on any atom is -0.392 e. The molecule has 1 rings (SSSR count). The van der Waals surface area contributed by atoms with Crippen molar-refractivity contribution in [2.45, 2.75) is 45.3 Å². The molecule has 0 bridgehead atoms. The molecular weight excluding hydrogens is 138 g/mol. The average molecular weight is 157 g/mol. The van der Waals surface area contributed by atoms with E-state index in [0.29, 0.717) is 6.54 Å². The number of aliphatic hydroxyl groups is 1. The van der Waals surface area contributed by atoms with E-state index >= 15 is 0 Å². The van der Waals surface area contributed by atoms with Crippen LogP contribution in [0.3, 0.4) is 0 Å². The van der Waals surface area contributed by atoms with Crippen molar-refractivity contribution in [3.63, 3.8) is 0 Å². The Morgan fingerprint density at radius 2 is 2.09 bits per heavy atom. The van der Waals surface area contributed by atoms with Crippen molar-refractivity contribution in [1.82, 2.24) is 5.32 Å². The van der Waals surface area contributed by atoms with Gasteiger partial charge in [-0.15, -0.1) is 0 Å². The van der Waals surface area contributed by atoms with Crippen LogP contribution in [0.25, 0.3) is 0 Å². The van der Waals surface area contributed by atoms with Crippen LogP contribution in [0, 0.1) is 5.92 Å². The van der Waals surface area contributed by atoms with E-state index in [2.05, 4.69) is 19.2 Å². The molecule has 66 valence electrons. The number of rotatable bonds is 4. The smallest absolute Gasteiger partial charge is 0.0636 e. The van der Waals surface area contributed by atoms with Crippen molar-refractivity contribution in [1.29, 1.82) is 0 Å². The summed E-state index contributed by atoms with van der Waals surface area (Å²) >= 11 is 0. The molecule has 0 aliphatic heterocycles. The third kappa shape index (κ3) is 2.80. The Hall–Kier alpha value is -0.0800. The van der Waals surface area contributed by atoms with Crippen molar-refractivity contribution in [2.75, 3.05) is 6.54 Å². The van der Waals surface area contributed by atoms with Gasteiger partial charge < -0.3 is 10.4 Å². The summed E-state index contributed by atoms with van der Waals surface area (Å²) in [6.07, 6.45) is 2.47. The lowest BCUT2D eigenvalue weighted by Gasteiger charge is -2.26. The fourth-order valence-electron chi connectivity index (χ4n) is 1.36. The summed E-state index contributed by atoms with van der Waals surface area (Å²) in [6, 6.07) is 0. The lowest BCUT2D eigenvalue weighted by molar-refractivity contribution is 0.172. The summed E-state index contributed by atoms with van der Waals surface area (Å²) in [4.78, 5) is 0. The predicted molar refractivity (Wildman–Crippen MR) is 46.5 cm³/mol. The molecule has 0 saturated heterocycles. The molecule has 2 N–H and O–H groups in total. The fourth-order valence-corrected chi connectivity index (χ4v) is 1.36. The van der Waals surface area contributed by atoms with Crippen LogP contribution in [-0.4, -0.2) is 23.3 Å². The van der Waals surface area contributed by atoms with Crippen LogP contribution in [-0.2, 0) is 0 Å². The monoisotopic (exact) mass is 157 g/mol. The van der Waals surface area contributed by atoms with Gasteiger partial charge in [0.2, 0.25) is 0 Å². The Bertz CT molecular complexity index is 128. The van der Waals surface area contributed by atoms with Gasteiger partial charge in [-0.05, 0) is 39.5 Å². The minimum absolute atomic E-state index is 0.229. The predicted octanol–water partition coefficient (Wildman–Crippen LogP) is 1.15. The van der Waals surface area contributed by atoms with Gasteiger partial charge in [-0.2, -0.15) is 0 Å². The molecular formula is C9H19NO. The zero-order valence-corrected chi connectivity index (χ0v) is 7.72. The number of hydrogen-bond donors (Lipinski definition) is 2. The summed E-state index contributed by atoms with van der Waals surface area (Å²) in [5, 5.41) is 12.4. The van der Waals surface area contributed by atoms with E-state index in [9.17, 15) is 0 Å². The maximum Gasteiger partial charge on any atom is 0.0636 e. The maximum absolute atomic E-state index is 9.06. The first kappa shape index (κ1) is 9.01. The molecule has 0 aromatic carbocycles. The number of hydrogen-bond acceptors (Lipinski definition) is 2. The fraction of sp³-hybridized carbons (Fsp3) is 1.00. The number of nitrogens with one attached hydrogen (secondary N) is 1. The van der Waals surface area contributed by atoms with Gasteiger partial charge in [-0.3, -0.25) is 0 Å². The lowest BCUT2D eigenvalue weighted by atomic mass is 9.99. The van der Waals surface area contributed by atoms with Gasteiger partial charge >= 0.3 is 0 Å². The van der Waals surface area contributed by atoms with Gasteiger partial charge in [-0.1, -0.05) is 0 Å². The average Bonchev–Trinajstić information content (AvgIpc) is 2.64. The van der Waals surface area contributed by atoms with E-state index in [4.69, 9.17) is 5.11 Å². The minimum atomic E-state index is -0.229. The molecule has 1 atom stereocenters. The van der Waals surface area contributed by atoms with Gasteiger partial charge in [-0.25, -0.2) is 0 Å². The van der Waals surface area contributed by atoms with Crippen molar-refractivity contribution in [2.24, 2.45) is 5.92 Å². The Morgan fingerprint density at radius 3 is 2.45 bits per heavy atom. The second-order valence-electron chi connectivity index (χ2n) is 4.23. The summed E-state index contributed by atoms with van der Waals surface area (Å²) in [5.41, 5.74) is 0.233. The Balaban J connectivity index is 2.22. The van der Waals surface area contributed by atoms with Gasteiger partial charge in [0.05, 0.1) is 6.10 Å². The van der Waals surface area contributed by atoms with Crippen molar-refractivity contribution >= 4 is 0 Å². The highest BCUT2D eigenvalue weighted by Gasteiger charge is 2.37. The molecule has 2 heteroatoms.